The van der Waals surface area contributed by atoms with Crippen LogP contribution in [-0.2, 0) is 6.54 Å². The van der Waals surface area contributed by atoms with Gasteiger partial charge in [0.1, 0.15) is 0 Å². The van der Waals surface area contributed by atoms with Gasteiger partial charge in [0.2, 0.25) is 0 Å². The van der Waals surface area contributed by atoms with E-state index >= 15 is 0 Å². The Morgan fingerprint density at radius 3 is 2.83 bits per heavy atom. The van der Waals surface area contributed by atoms with Gasteiger partial charge in [0.05, 0.1) is 20.8 Å². The summed E-state index contributed by atoms with van der Waals surface area (Å²) in [6, 6.07) is 6.33. The number of methoxy groups -OCH3 is 2. The monoisotopic (exact) mass is 320 g/mol. The third-order valence-corrected chi connectivity index (χ3v) is 4.30. The van der Waals surface area contributed by atoms with Gasteiger partial charge in [0.25, 0.3) is 0 Å². The molecule has 0 aromatic heterocycles. The highest BCUT2D eigenvalue weighted by Gasteiger charge is 2.22. The summed E-state index contributed by atoms with van der Waals surface area (Å²) in [6.07, 6.45) is 2.49. The number of ether oxygens (including phenoxy) is 2. The van der Waals surface area contributed by atoms with Crippen LogP contribution in [0.2, 0.25) is 0 Å². The van der Waals surface area contributed by atoms with Crippen molar-refractivity contribution in [2.75, 3.05) is 33.9 Å². The van der Waals surface area contributed by atoms with Gasteiger partial charge in [-0.05, 0) is 43.6 Å². The largest absolute Gasteiger partial charge is 0.493 e. The molecule has 0 aliphatic carbocycles. The van der Waals surface area contributed by atoms with Gasteiger partial charge in [-0.1, -0.05) is 13.0 Å². The number of hydrogen-bond acceptors (Lipinski definition) is 4. The molecule has 2 rings (SSSR count). The van der Waals surface area contributed by atoms with Gasteiger partial charge >= 0.3 is 0 Å². The van der Waals surface area contributed by atoms with E-state index in [9.17, 15) is 0 Å². The number of rotatable bonds is 7. The van der Waals surface area contributed by atoms with Crippen LogP contribution in [0.1, 0.15) is 25.3 Å². The van der Waals surface area contributed by atoms with E-state index in [-0.39, 0.29) is 0 Å². The molecule has 1 aliphatic rings. The van der Waals surface area contributed by atoms with Crippen molar-refractivity contribution in [3.05, 3.63) is 23.8 Å². The minimum atomic E-state index is 0.489. The first-order valence-corrected chi connectivity index (χ1v) is 8.16. The molecule has 6 nitrogen and oxygen atoms in total. The molecule has 1 atom stereocenters. The van der Waals surface area contributed by atoms with Crippen LogP contribution in [-0.4, -0.2) is 50.8 Å². The summed E-state index contributed by atoms with van der Waals surface area (Å²) in [7, 11) is 3.25. The number of likely N-dealkylation sites (tertiary alicyclic amines) is 1. The molecule has 0 saturated carbocycles. The molecule has 0 radical (unpaired) electrons. The second-order valence-electron chi connectivity index (χ2n) is 5.70. The Labute approximate surface area is 138 Å². The minimum Gasteiger partial charge on any atom is -0.493 e. The van der Waals surface area contributed by atoms with E-state index in [0.29, 0.717) is 30.0 Å². The number of aliphatic imine (C=N–C) groups is 1. The minimum absolute atomic E-state index is 0.489. The van der Waals surface area contributed by atoms with E-state index in [1.807, 2.05) is 18.2 Å². The molecule has 0 bridgehead atoms. The fourth-order valence-electron chi connectivity index (χ4n) is 2.98. The number of nitrogens with two attached hydrogens (primary N) is 1. The van der Waals surface area contributed by atoms with E-state index in [1.165, 1.54) is 19.4 Å². The SMILES string of the molecule is CCN1CCCC1CNC(N)=NCc1ccc(OC)c(OC)c1. The van der Waals surface area contributed by atoms with E-state index in [2.05, 4.69) is 22.1 Å². The Morgan fingerprint density at radius 2 is 2.13 bits per heavy atom. The normalized spacial score (nSPS) is 18.9. The Kier molecular flexibility index (Phi) is 6.52. The number of nitrogens with one attached hydrogen (secondary N) is 1. The number of hydrogen-bond donors (Lipinski definition) is 2. The smallest absolute Gasteiger partial charge is 0.188 e. The van der Waals surface area contributed by atoms with Gasteiger partial charge in [0.15, 0.2) is 17.5 Å². The van der Waals surface area contributed by atoms with Crippen LogP contribution in [0.25, 0.3) is 0 Å². The predicted octanol–water partition coefficient (Wildman–Crippen LogP) is 1.59. The lowest BCUT2D eigenvalue weighted by atomic mass is 10.2. The van der Waals surface area contributed by atoms with Crippen molar-refractivity contribution in [3.63, 3.8) is 0 Å². The molecule has 1 aromatic rings. The summed E-state index contributed by atoms with van der Waals surface area (Å²) in [5, 5.41) is 3.24. The average Bonchev–Trinajstić information content (AvgIpc) is 3.05. The molecule has 0 spiro atoms. The van der Waals surface area contributed by atoms with Gasteiger partial charge in [0, 0.05) is 12.6 Å². The molecule has 6 heteroatoms. The first-order chi connectivity index (χ1) is 11.2. The van der Waals surface area contributed by atoms with E-state index in [1.54, 1.807) is 14.2 Å². The second kappa shape index (κ2) is 8.62. The lowest BCUT2D eigenvalue weighted by Gasteiger charge is -2.23. The Morgan fingerprint density at radius 1 is 1.35 bits per heavy atom. The van der Waals surface area contributed by atoms with E-state index in [4.69, 9.17) is 15.2 Å². The van der Waals surface area contributed by atoms with Crippen molar-refractivity contribution in [2.24, 2.45) is 10.7 Å². The highest BCUT2D eigenvalue weighted by molar-refractivity contribution is 5.77. The van der Waals surface area contributed by atoms with Gasteiger partial charge in [-0.3, -0.25) is 4.90 Å². The molecular formula is C17H28N4O2. The van der Waals surface area contributed by atoms with Crippen molar-refractivity contribution in [2.45, 2.75) is 32.4 Å². The third kappa shape index (κ3) is 4.76. The zero-order chi connectivity index (χ0) is 16.7. The van der Waals surface area contributed by atoms with E-state index < -0.39 is 0 Å². The fraction of sp³-hybridized carbons (Fsp3) is 0.588. The molecule has 128 valence electrons. The summed E-state index contributed by atoms with van der Waals surface area (Å²) in [6.45, 7) is 5.85. The molecular weight excluding hydrogens is 292 g/mol. The van der Waals surface area contributed by atoms with Crippen LogP contribution >= 0.6 is 0 Å². The molecule has 1 fully saturated rings. The fourth-order valence-corrected chi connectivity index (χ4v) is 2.98. The van der Waals surface area contributed by atoms with Crippen molar-refractivity contribution in [3.8, 4) is 11.5 Å². The van der Waals surface area contributed by atoms with Crippen LogP contribution < -0.4 is 20.5 Å². The van der Waals surface area contributed by atoms with Crippen LogP contribution in [0.15, 0.2) is 23.2 Å². The summed E-state index contributed by atoms with van der Waals surface area (Å²) >= 11 is 0. The molecule has 0 amide bonds. The van der Waals surface area contributed by atoms with Crippen molar-refractivity contribution in [1.82, 2.24) is 10.2 Å². The van der Waals surface area contributed by atoms with Gasteiger partial charge in [-0.15, -0.1) is 0 Å². The van der Waals surface area contributed by atoms with Crippen LogP contribution in [0.5, 0.6) is 11.5 Å². The van der Waals surface area contributed by atoms with Crippen LogP contribution in [0, 0.1) is 0 Å². The number of nitrogens with zero attached hydrogens (tertiary/aromatic N) is 2. The maximum absolute atomic E-state index is 5.98. The summed E-state index contributed by atoms with van der Waals surface area (Å²) < 4.78 is 10.5. The van der Waals surface area contributed by atoms with E-state index in [0.717, 1.165) is 18.7 Å². The molecule has 1 heterocycles. The highest BCUT2D eigenvalue weighted by Crippen LogP contribution is 2.27. The zero-order valence-electron chi connectivity index (χ0n) is 14.3. The van der Waals surface area contributed by atoms with Crippen molar-refractivity contribution in [1.29, 1.82) is 0 Å². The van der Waals surface area contributed by atoms with Gasteiger partial charge in [-0.25, -0.2) is 4.99 Å². The molecule has 1 aromatic carbocycles. The third-order valence-electron chi connectivity index (χ3n) is 4.30. The summed E-state index contributed by atoms with van der Waals surface area (Å²) in [4.78, 5) is 6.89. The maximum atomic E-state index is 5.98. The predicted molar refractivity (Wildman–Crippen MR) is 93.1 cm³/mol. The number of guanidine groups is 1. The lowest BCUT2D eigenvalue weighted by molar-refractivity contribution is 0.267. The lowest BCUT2D eigenvalue weighted by Crippen LogP contribution is -2.42. The maximum Gasteiger partial charge on any atom is 0.188 e. The van der Waals surface area contributed by atoms with Crippen LogP contribution in [0.4, 0.5) is 0 Å². The first-order valence-electron chi connectivity index (χ1n) is 8.16. The Balaban J connectivity index is 1.87. The van der Waals surface area contributed by atoms with Crippen molar-refractivity contribution >= 4 is 5.96 Å². The topological polar surface area (TPSA) is 72.1 Å². The van der Waals surface area contributed by atoms with Crippen LogP contribution in [0.3, 0.4) is 0 Å². The Bertz CT molecular complexity index is 533. The Hall–Kier alpha value is -1.95. The quantitative estimate of drug-likeness (QED) is 0.590. The first kappa shape index (κ1) is 17.4. The molecule has 1 unspecified atom stereocenters. The number of likely N-dealkylation sites (N-methyl/N-ethyl adjacent to an activating group) is 1. The average molecular weight is 320 g/mol. The van der Waals surface area contributed by atoms with Gasteiger partial charge in [-0.2, -0.15) is 0 Å². The number of benzene rings is 1. The second-order valence-corrected chi connectivity index (χ2v) is 5.70. The molecule has 3 N–H and O–H groups in total. The summed E-state index contributed by atoms with van der Waals surface area (Å²) in [5.74, 6) is 1.91. The van der Waals surface area contributed by atoms with Crippen molar-refractivity contribution < 1.29 is 9.47 Å². The van der Waals surface area contributed by atoms with Gasteiger partial charge < -0.3 is 20.5 Å². The standard InChI is InChI=1S/C17H28N4O2/c1-4-21-9-5-6-14(21)12-20-17(18)19-11-13-7-8-15(22-2)16(10-13)23-3/h7-8,10,14H,4-6,9,11-12H2,1-3H3,(H3,18,19,20). The molecule has 1 saturated heterocycles. The molecule has 23 heavy (non-hydrogen) atoms. The highest BCUT2D eigenvalue weighted by atomic mass is 16.5. The zero-order valence-corrected chi connectivity index (χ0v) is 14.3. The molecule has 1 aliphatic heterocycles. The summed E-state index contributed by atoms with van der Waals surface area (Å²) in [5.41, 5.74) is 7.01.